The summed E-state index contributed by atoms with van der Waals surface area (Å²) in [5, 5.41) is 13.0. The van der Waals surface area contributed by atoms with Crippen molar-refractivity contribution in [3.63, 3.8) is 0 Å². The smallest absolute Gasteiger partial charge is 0.238 e. The number of aliphatic hydroxyl groups is 1. The summed E-state index contributed by atoms with van der Waals surface area (Å²) in [6, 6.07) is 7.59. The molecule has 33 heavy (non-hydrogen) atoms. The summed E-state index contributed by atoms with van der Waals surface area (Å²) in [5.74, 6) is 1.27. The van der Waals surface area contributed by atoms with Gasteiger partial charge in [0.1, 0.15) is 29.8 Å². The minimum Gasteiger partial charge on any atom is -0.489 e. The van der Waals surface area contributed by atoms with Crippen LogP contribution in [0.5, 0.6) is 11.6 Å². The number of nitrogens with one attached hydrogen (secondary N) is 1. The van der Waals surface area contributed by atoms with Crippen LogP contribution in [0, 0.1) is 0 Å². The molecular formula is C24H31ClN4O4. The van der Waals surface area contributed by atoms with Gasteiger partial charge in [0, 0.05) is 19.5 Å². The third-order valence-corrected chi connectivity index (χ3v) is 5.57. The maximum atomic E-state index is 12.1. The van der Waals surface area contributed by atoms with Crippen LogP contribution < -0.4 is 19.7 Å². The normalized spacial score (nSPS) is 16.9. The van der Waals surface area contributed by atoms with Gasteiger partial charge in [-0.1, -0.05) is 29.8 Å². The molecule has 2 aromatic rings. The molecule has 1 aromatic carbocycles. The Kier molecular flexibility index (Phi) is 8.15. The van der Waals surface area contributed by atoms with Crippen LogP contribution in [0.3, 0.4) is 0 Å². The predicted octanol–water partition coefficient (Wildman–Crippen LogP) is 3.34. The van der Waals surface area contributed by atoms with E-state index in [9.17, 15) is 9.90 Å². The average molecular weight is 475 g/mol. The number of carbonyl (C=O) groups excluding carboxylic acids is 1. The quantitative estimate of drug-likeness (QED) is 0.510. The molecule has 1 fully saturated rings. The number of ether oxygens (including phenoxy) is 2. The summed E-state index contributed by atoms with van der Waals surface area (Å²) in [5.41, 5.74) is -0.0765. The largest absolute Gasteiger partial charge is 0.489 e. The number of halogens is 1. The van der Waals surface area contributed by atoms with E-state index >= 15 is 0 Å². The fraction of sp³-hybridized carbons (Fsp3) is 0.458. The molecule has 2 heterocycles. The molecule has 0 spiro atoms. The molecule has 0 bridgehead atoms. The van der Waals surface area contributed by atoms with Crippen LogP contribution in [0.2, 0.25) is 5.02 Å². The predicted molar refractivity (Wildman–Crippen MR) is 128 cm³/mol. The number of benzene rings is 1. The lowest BCUT2D eigenvalue weighted by Crippen LogP contribution is -2.29. The van der Waals surface area contributed by atoms with Crippen molar-refractivity contribution in [2.45, 2.75) is 44.8 Å². The molecule has 0 radical (unpaired) electrons. The summed E-state index contributed by atoms with van der Waals surface area (Å²) in [6.07, 6.45) is 3.84. The van der Waals surface area contributed by atoms with Gasteiger partial charge in [-0.25, -0.2) is 9.97 Å². The molecule has 1 saturated heterocycles. The van der Waals surface area contributed by atoms with Gasteiger partial charge >= 0.3 is 0 Å². The molecule has 0 saturated carbocycles. The highest BCUT2D eigenvalue weighted by Gasteiger charge is 2.28. The molecule has 178 valence electrons. The molecule has 1 unspecified atom stereocenters. The highest BCUT2D eigenvalue weighted by Crippen LogP contribution is 2.33. The van der Waals surface area contributed by atoms with Crippen molar-refractivity contribution in [3.8, 4) is 11.6 Å². The van der Waals surface area contributed by atoms with E-state index in [0.717, 1.165) is 24.3 Å². The summed E-state index contributed by atoms with van der Waals surface area (Å²) in [4.78, 5) is 22.6. The zero-order valence-electron chi connectivity index (χ0n) is 19.3. The van der Waals surface area contributed by atoms with E-state index < -0.39 is 5.60 Å². The molecule has 8 nitrogen and oxygen atoms in total. The first-order valence-corrected chi connectivity index (χ1v) is 11.3. The lowest BCUT2D eigenvalue weighted by atomic mass is 10.0. The molecule has 1 aliphatic heterocycles. The van der Waals surface area contributed by atoms with Crippen LogP contribution in [0.15, 0.2) is 43.2 Å². The van der Waals surface area contributed by atoms with Crippen LogP contribution in [-0.2, 0) is 4.79 Å². The summed E-state index contributed by atoms with van der Waals surface area (Å²) in [6.45, 7) is 10.6. The zero-order chi connectivity index (χ0) is 24.0. The zero-order valence-corrected chi connectivity index (χ0v) is 20.0. The molecule has 3 rings (SSSR count). The van der Waals surface area contributed by atoms with Crippen molar-refractivity contribution in [1.29, 1.82) is 0 Å². The summed E-state index contributed by atoms with van der Waals surface area (Å²) < 4.78 is 11.7. The second-order valence-corrected chi connectivity index (χ2v) is 9.09. The number of amides is 1. The highest BCUT2D eigenvalue weighted by atomic mass is 35.5. The Morgan fingerprint density at radius 1 is 1.39 bits per heavy atom. The van der Waals surface area contributed by atoms with E-state index in [-0.39, 0.29) is 30.4 Å². The van der Waals surface area contributed by atoms with Gasteiger partial charge in [0.2, 0.25) is 11.8 Å². The molecule has 1 amide bonds. The second-order valence-electron chi connectivity index (χ2n) is 8.72. The van der Waals surface area contributed by atoms with Crippen LogP contribution in [0.25, 0.3) is 0 Å². The maximum Gasteiger partial charge on any atom is 0.238 e. The van der Waals surface area contributed by atoms with Gasteiger partial charge in [-0.2, -0.15) is 0 Å². The first kappa shape index (κ1) is 24.8. The van der Waals surface area contributed by atoms with E-state index in [0.29, 0.717) is 23.9 Å². The third-order valence-electron chi connectivity index (χ3n) is 5.24. The topological polar surface area (TPSA) is 96.8 Å². The number of aromatic nitrogens is 2. The summed E-state index contributed by atoms with van der Waals surface area (Å²) >= 11 is 6.48. The first-order chi connectivity index (χ1) is 15.7. The fourth-order valence-electron chi connectivity index (χ4n) is 3.43. The minimum absolute atomic E-state index is 0.0315. The monoisotopic (exact) mass is 474 g/mol. The Bertz CT molecular complexity index is 962. The molecule has 2 atom stereocenters. The van der Waals surface area contributed by atoms with Crippen molar-refractivity contribution in [1.82, 2.24) is 15.3 Å². The van der Waals surface area contributed by atoms with Gasteiger partial charge in [-0.15, -0.1) is 6.58 Å². The Labute approximate surface area is 199 Å². The number of rotatable bonds is 10. The number of hydrogen-bond donors (Lipinski definition) is 2. The van der Waals surface area contributed by atoms with Crippen LogP contribution in [0.1, 0.15) is 38.7 Å². The molecular weight excluding hydrogens is 444 g/mol. The van der Waals surface area contributed by atoms with Crippen LogP contribution in [0.4, 0.5) is 5.82 Å². The Hall–Kier alpha value is -2.84. The fourth-order valence-corrected chi connectivity index (χ4v) is 3.70. The number of anilines is 1. The first-order valence-electron chi connectivity index (χ1n) is 10.9. The van der Waals surface area contributed by atoms with Gasteiger partial charge in [0.25, 0.3) is 0 Å². The van der Waals surface area contributed by atoms with Gasteiger partial charge in [0.05, 0.1) is 18.1 Å². The van der Waals surface area contributed by atoms with Gasteiger partial charge in [-0.3, -0.25) is 4.79 Å². The Morgan fingerprint density at radius 2 is 2.12 bits per heavy atom. The minimum atomic E-state index is -0.996. The van der Waals surface area contributed by atoms with Crippen molar-refractivity contribution >= 4 is 23.3 Å². The van der Waals surface area contributed by atoms with E-state index in [4.69, 9.17) is 21.1 Å². The molecule has 1 aliphatic rings. The number of carbonyl (C=O) groups is 1. The molecule has 2 N–H and O–H groups in total. The van der Waals surface area contributed by atoms with Gasteiger partial charge in [0.15, 0.2) is 5.82 Å². The van der Waals surface area contributed by atoms with E-state index in [1.54, 1.807) is 19.9 Å². The van der Waals surface area contributed by atoms with Crippen molar-refractivity contribution in [3.05, 3.63) is 53.8 Å². The standard InChI is InChI=1S/C24H31ClN4O4/c1-5-11-26-22(30)16(2)17-6-8-18(9-7-17)33-19-10-12-29(13-19)21-20(25)23(28-15-27-21)32-14-24(3,4)31/h5-9,15-16,19,31H,1,10-14H2,2-4H3,(H,26,30)/t16?,19-/m1/s1. The van der Waals surface area contributed by atoms with Crippen molar-refractivity contribution < 1.29 is 19.4 Å². The lowest BCUT2D eigenvalue weighted by molar-refractivity contribution is -0.122. The maximum absolute atomic E-state index is 12.1. The van der Waals surface area contributed by atoms with Crippen molar-refractivity contribution in [2.75, 3.05) is 31.1 Å². The van der Waals surface area contributed by atoms with E-state index in [2.05, 4.69) is 21.9 Å². The molecule has 1 aromatic heterocycles. The van der Waals surface area contributed by atoms with Crippen molar-refractivity contribution in [2.24, 2.45) is 0 Å². The SMILES string of the molecule is C=CCNC(=O)C(C)c1ccc(O[C@@H]2CCN(c3ncnc(OCC(C)(C)O)c3Cl)C2)cc1. The molecule has 0 aliphatic carbocycles. The average Bonchev–Trinajstić information content (AvgIpc) is 3.24. The Morgan fingerprint density at radius 3 is 2.79 bits per heavy atom. The number of hydrogen-bond acceptors (Lipinski definition) is 7. The second kappa shape index (κ2) is 10.9. The van der Waals surface area contributed by atoms with E-state index in [1.807, 2.05) is 36.1 Å². The summed E-state index contributed by atoms with van der Waals surface area (Å²) in [7, 11) is 0. The van der Waals surface area contributed by atoms with Crippen LogP contribution in [-0.4, -0.2) is 58.9 Å². The Balaban J connectivity index is 1.58. The van der Waals surface area contributed by atoms with Gasteiger partial charge in [-0.05, 0) is 38.5 Å². The third kappa shape index (κ3) is 6.82. The van der Waals surface area contributed by atoms with E-state index in [1.165, 1.54) is 6.33 Å². The lowest BCUT2D eigenvalue weighted by Gasteiger charge is -2.21. The highest BCUT2D eigenvalue weighted by molar-refractivity contribution is 6.34. The molecule has 9 heteroatoms. The van der Waals surface area contributed by atoms with Crippen LogP contribution >= 0.6 is 11.6 Å². The number of nitrogens with zero attached hydrogens (tertiary/aromatic N) is 3. The van der Waals surface area contributed by atoms with Gasteiger partial charge < -0.3 is 24.8 Å².